The summed E-state index contributed by atoms with van der Waals surface area (Å²) >= 11 is 5.84. The molecule has 4 rings (SSSR count). The third kappa shape index (κ3) is 5.78. The molecule has 1 aromatic carbocycles. The molecule has 2 aromatic heterocycles. The lowest BCUT2D eigenvalue weighted by Gasteiger charge is -2.20. The lowest BCUT2D eigenvalue weighted by molar-refractivity contribution is 0.0785. The highest BCUT2D eigenvalue weighted by atomic mass is 35.5. The number of hydrogen-bond donors (Lipinski definition) is 2. The molecule has 3 heterocycles. The largest absolute Gasteiger partial charge is 0.387 e. The summed E-state index contributed by atoms with van der Waals surface area (Å²) in [5.74, 6) is -0.597. The van der Waals surface area contributed by atoms with Crippen LogP contribution in [0.15, 0.2) is 54.9 Å². The first-order chi connectivity index (χ1) is 16.3. The Bertz CT molecular complexity index is 1140. The lowest BCUT2D eigenvalue weighted by Crippen LogP contribution is -2.35. The van der Waals surface area contributed by atoms with Crippen molar-refractivity contribution in [2.75, 3.05) is 7.05 Å². The topological polar surface area (TPSA) is 78.4 Å². The summed E-state index contributed by atoms with van der Waals surface area (Å²) in [6.45, 7) is 2.01. The molecule has 1 amide bonds. The van der Waals surface area contributed by atoms with Crippen LogP contribution in [0, 0.1) is 12.9 Å². The van der Waals surface area contributed by atoms with E-state index in [0.29, 0.717) is 22.8 Å². The summed E-state index contributed by atoms with van der Waals surface area (Å²) in [7, 11) is 1.72. The van der Waals surface area contributed by atoms with E-state index in [1.54, 1.807) is 43.3 Å². The second-order valence-electron chi connectivity index (χ2n) is 8.92. The number of aryl methyl sites for hydroxylation is 1. The number of carbonyl (C=O) groups excluding carboxylic acids is 1. The molecule has 0 aliphatic carbocycles. The zero-order valence-electron chi connectivity index (χ0n) is 19.2. The van der Waals surface area contributed by atoms with Crippen molar-refractivity contribution >= 4 is 17.5 Å². The van der Waals surface area contributed by atoms with Gasteiger partial charge >= 0.3 is 0 Å². The molecule has 1 saturated heterocycles. The van der Waals surface area contributed by atoms with Gasteiger partial charge in [-0.2, -0.15) is 4.39 Å². The number of carbonyl (C=O) groups is 1. The van der Waals surface area contributed by atoms with Crippen LogP contribution >= 0.6 is 11.6 Å². The molecule has 0 bridgehead atoms. The van der Waals surface area contributed by atoms with Crippen LogP contribution < -0.4 is 5.32 Å². The van der Waals surface area contributed by atoms with Crippen LogP contribution in [0.2, 0.25) is 5.15 Å². The molecular weight excluding hydrogens is 455 g/mol. The molecule has 1 aliphatic rings. The van der Waals surface area contributed by atoms with Crippen molar-refractivity contribution in [3.63, 3.8) is 0 Å². The number of halogens is 2. The SMILES string of the molecule is Cc1cc(CN(C)C(=O)c2ccc(C[C@@H]3CC[C@H](C(O)c4ccc(Cl)nc4)N3)cc2)cnc1F. The maximum atomic E-state index is 13.4. The van der Waals surface area contributed by atoms with Crippen LogP contribution in [0.25, 0.3) is 0 Å². The van der Waals surface area contributed by atoms with Gasteiger partial charge in [-0.3, -0.25) is 4.79 Å². The van der Waals surface area contributed by atoms with Crippen LogP contribution in [0.1, 0.15) is 51.6 Å². The molecule has 2 N–H and O–H groups in total. The first-order valence-corrected chi connectivity index (χ1v) is 11.7. The van der Waals surface area contributed by atoms with Crippen LogP contribution in [0.3, 0.4) is 0 Å². The number of amides is 1. The van der Waals surface area contributed by atoms with Crippen LogP contribution in [0.5, 0.6) is 0 Å². The number of aliphatic hydroxyl groups excluding tert-OH is 1. The summed E-state index contributed by atoms with van der Waals surface area (Å²) in [6, 6.07) is 13.0. The first-order valence-electron chi connectivity index (χ1n) is 11.3. The third-order valence-electron chi connectivity index (χ3n) is 6.27. The highest BCUT2D eigenvalue weighted by Crippen LogP contribution is 2.27. The molecule has 3 aromatic rings. The van der Waals surface area contributed by atoms with Crippen molar-refractivity contribution in [3.8, 4) is 0 Å². The van der Waals surface area contributed by atoms with Crippen molar-refractivity contribution in [1.82, 2.24) is 20.2 Å². The molecule has 1 unspecified atom stereocenters. The van der Waals surface area contributed by atoms with E-state index in [9.17, 15) is 14.3 Å². The average Bonchev–Trinajstić information content (AvgIpc) is 3.30. The molecule has 3 atom stereocenters. The van der Waals surface area contributed by atoms with Gasteiger partial charge in [-0.25, -0.2) is 9.97 Å². The number of benzene rings is 1. The van der Waals surface area contributed by atoms with Crippen molar-refractivity contribution in [1.29, 1.82) is 0 Å². The third-order valence-corrected chi connectivity index (χ3v) is 6.49. The van der Waals surface area contributed by atoms with Gasteiger partial charge in [-0.1, -0.05) is 29.8 Å². The van der Waals surface area contributed by atoms with E-state index in [0.717, 1.165) is 36.0 Å². The Hall–Kier alpha value is -2.87. The number of nitrogens with one attached hydrogen (secondary N) is 1. The minimum atomic E-state index is -0.634. The number of rotatable bonds is 7. The maximum Gasteiger partial charge on any atom is 0.253 e. The van der Waals surface area contributed by atoms with E-state index in [1.165, 1.54) is 6.20 Å². The fraction of sp³-hybridized carbons (Fsp3) is 0.346. The minimum absolute atomic E-state index is 0.0351. The van der Waals surface area contributed by atoms with Crippen LogP contribution in [0.4, 0.5) is 4.39 Å². The Morgan fingerprint density at radius 1 is 1.18 bits per heavy atom. The molecule has 1 aliphatic heterocycles. The molecule has 34 heavy (non-hydrogen) atoms. The number of nitrogens with zero attached hydrogens (tertiary/aromatic N) is 3. The van der Waals surface area contributed by atoms with Crippen LogP contribution in [-0.2, 0) is 13.0 Å². The van der Waals surface area contributed by atoms with Crippen molar-refractivity contribution in [2.24, 2.45) is 0 Å². The Balaban J connectivity index is 1.31. The molecule has 178 valence electrons. The summed E-state index contributed by atoms with van der Waals surface area (Å²) in [4.78, 5) is 22.2. The minimum Gasteiger partial charge on any atom is -0.387 e. The smallest absolute Gasteiger partial charge is 0.253 e. The van der Waals surface area contributed by atoms with E-state index in [2.05, 4.69) is 15.3 Å². The van der Waals surface area contributed by atoms with E-state index < -0.39 is 12.1 Å². The highest BCUT2D eigenvalue weighted by molar-refractivity contribution is 6.29. The monoisotopic (exact) mass is 482 g/mol. The summed E-state index contributed by atoms with van der Waals surface area (Å²) in [5.41, 5.74) is 3.72. The van der Waals surface area contributed by atoms with Gasteiger partial charge in [0.25, 0.3) is 5.91 Å². The number of hydrogen-bond acceptors (Lipinski definition) is 5. The van der Waals surface area contributed by atoms with Gasteiger partial charge in [0.15, 0.2) is 0 Å². The summed E-state index contributed by atoms with van der Waals surface area (Å²) in [6.07, 6.45) is 5.07. The zero-order valence-corrected chi connectivity index (χ0v) is 20.0. The Morgan fingerprint density at radius 2 is 1.94 bits per heavy atom. The second kappa shape index (κ2) is 10.6. The van der Waals surface area contributed by atoms with Crippen LogP contribution in [-0.4, -0.2) is 45.0 Å². The lowest BCUT2D eigenvalue weighted by atomic mass is 10.0. The fourth-order valence-electron chi connectivity index (χ4n) is 4.39. The van der Waals surface area contributed by atoms with Crippen molar-refractivity contribution in [3.05, 3.63) is 93.8 Å². The maximum absolute atomic E-state index is 13.4. The zero-order chi connectivity index (χ0) is 24.2. The van der Waals surface area contributed by atoms with Crippen molar-refractivity contribution < 1.29 is 14.3 Å². The first kappa shape index (κ1) is 24.3. The number of aliphatic hydroxyl groups is 1. The van der Waals surface area contributed by atoms with Crippen molar-refractivity contribution in [2.45, 2.75) is 50.9 Å². The molecule has 0 saturated carbocycles. The van der Waals surface area contributed by atoms with Gasteiger partial charge in [0.1, 0.15) is 5.15 Å². The fourth-order valence-corrected chi connectivity index (χ4v) is 4.50. The molecule has 0 radical (unpaired) electrons. The highest BCUT2D eigenvalue weighted by Gasteiger charge is 2.30. The van der Waals surface area contributed by atoms with E-state index in [4.69, 9.17) is 11.6 Å². The predicted octanol–water partition coefficient (Wildman–Crippen LogP) is 4.25. The van der Waals surface area contributed by atoms with E-state index in [-0.39, 0.29) is 18.0 Å². The standard InChI is InChI=1S/C26H28ClFN4O2/c1-16-11-18(13-30-25(16)28)15-32(2)26(34)19-5-3-17(4-6-19)12-21-8-9-22(31-21)24(33)20-7-10-23(27)29-14-20/h3-7,10-11,13-14,21-22,24,31,33H,8-9,12,15H2,1-2H3/t21-,22+,24?/m0/s1. The van der Waals surface area contributed by atoms with Gasteiger partial charge in [-0.05, 0) is 61.6 Å². The van der Waals surface area contributed by atoms with E-state index >= 15 is 0 Å². The van der Waals surface area contributed by atoms with Gasteiger partial charge < -0.3 is 15.3 Å². The predicted molar refractivity (Wildman–Crippen MR) is 129 cm³/mol. The molecule has 8 heteroatoms. The quantitative estimate of drug-likeness (QED) is 0.492. The molecule has 0 spiro atoms. The summed E-state index contributed by atoms with van der Waals surface area (Å²) < 4.78 is 13.4. The molecule has 6 nitrogen and oxygen atoms in total. The van der Waals surface area contributed by atoms with Gasteiger partial charge in [0, 0.05) is 54.8 Å². The normalized spacial score (nSPS) is 18.6. The Morgan fingerprint density at radius 3 is 2.62 bits per heavy atom. The molecule has 1 fully saturated rings. The Labute approximate surface area is 203 Å². The Kier molecular flexibility index (Phi) is 7.56. The number of aromatic nitrogens is 2. The number of pyridine rings is 2. The van der Waals surface area contributed by atoms with Gasteiger partial charge in [-0.15, -0.1) is 0 Å². The van der Waals surface area contributed by atoms with Gasteiger partial charge in [0.05, 0.1) is 6.10 Å². The van der Waals surface area contributed by atoms with Gasteiger partial charge in [0.2, 0.25) is 5.95 Å². The molecular formula is C26H28ClFN4O2. The summed E-state index contributed by atoms with van der Waals surface area (Å²) in [5, 5.41) is 14.6. The average molecular weight is 483 g/mol. The second-order valence-corrected chi connectivity index (χ2v) is 9.31. The van der Waals surface area contributed by atoms with E-state index in [1.807, 2.05) is 24.3 Å².